The van der Waals surface area contributed by atoms with Gasteiger partial charge in [-0.3, -0.25) is 0 Å². The number of rotatable bonds is 8. The SMILES string of the molecule is C=CCCCCCC(N)Cc1cccs1. The van der Waals surface area contributed by atoms with Gasteiger partial charge in [0.05, 0.1) is 0 Å². The molecule has 0 aliphatic carbocycles. The largest absolute Gasteiger partial charge is 0.327 e. The van der Waals surface area contributed by atoms with Crippen LogP contribution in [-0.2, 0) is 6.42 Å². The highest BCUT2D eigenvalue weighted by molar-refractivity contribution is 7.09. The zero-order chi connectivity index (χ0) is 10.9. The second-order valence-electron chi connectivity index (χ2n) is 3.97. The monoisotopic (exact) mass is 223 g/mol. The minimum atomic E-state index is 0.340. The van der Waals surface area contributed by atoms with Crippen LogP contribution in [-0.4, -0.2) is 6.04 Å². The van der Waals surface area contributed by atoms with Gasteiger partial charge in [0.25, 0.3) is 0 Å². The lowest BCUT2D eigenvalue weighted by atomic mass is 10.0. The van der Waals surface area contributed by atoms with Crippen molar-refractivity contribution in [2.24, 2.45) is 5.73 Å². The molecule has 2 heteroatoms. The van der Waals surface area contributed by atoms with Crippen LogP contribution in [0.25, 0.3) is 0 Å². The van der Waals surface area contributed by atoms with Crippen LogP contribution in [0.1, 0.15) is 37.0 Å². The highest BCUT2D eigenvalue weighted by Crippen LogP contribution is 2.13. The lowest BCUT2D eigenvalue weighted by Crippen LogP contribution is -2.22. The molecule has 0 saturated carbocycles. The molecule has 1 atom stereocenters. The predicted molar refractivity (Wildman–Crippen MR) is 69.3 cm³/mol. The molecule has 1 heterocycles. The molecule has 0 aliphatic heterocycles. The molecule has 1 nitrogen and oxygen atoms in total. The first-order chi connectivity index (χ1) is 7.33. The molecule has 0 aliphatic rings. The first kappa shape index (κ1) is 12.5. The van der Waals surface area contributed by atoms with Gasteiger partial charge in [0, 0.05) is 10.9 Å². The van der Waals surface area contributed by atoms with Gasteiger partial charge in [0.1, 0.15) is 0 Å². The fourth-order valence-corrected chi connectivity index (χ4v) is 2.46. The van der Waals surface area contributed by atoms with Crippen molar-refractivity contribution in [1.29, 1.82) is 0 Å². The Morgan fingerprint density at radius 2 is 2.27 bits per heavy atom. The maximum atomic E-state index is 6.07. The Morgan fingerprint density at radius 3 is 2.93 bits per heavy atom. The third-order valence-corrected chi connectivity index (χ3v) is 3.43. The van der Waals surface area contributed by atoms with Gasteiger partial charge in [-0.15, -0.1) is 17.9 Å². The number of hydrogen-bond donors (Lipinski definition) is 1. The summed E-state index contributed by atoms with van der Waals surface area (Å²) in [7, 11) is 0. The molecule has 2 N–H and O–H groups in total. The molecule has 0 fully saturated rings. The smallest absolute Gasteiger partial charge is 0.00871 e. The van der Waals surface area contributed by atoms with Crippen molar-refractivity contribution in [1.82, 2.24) is 0 Å². The zero-order valence-corrected chi connectivity index (χ0v) is 10.1. The number of hydrogen-bond acceptors (Lipinski definition) is 2. The maximum absolute atomic E-state index is 6.07. The summed E-state index contributed by atoms with van der Waals surface area (Å²) in [5.74, 6) is 0. The summed E-state index contributed by atoms with van der Waals surface area (Å²) in [5.41, 5.74) is 6.07. The Kier molecular flexibility index (Phi) is 6.37. The first-order valence-electron chi connectivity index (χ1n) is 5.72. The van der Waals surface area contributed by atoms with E-state index in [0.717, 1.165) is 19.3 Å². The first-order valence-corrected chi connectivity index (χ1v) is 6.59. The molecule has 0 bridgehead atoms. The molecule has 0 radical (unpaired) electrons. The molecular formula is C13H21NS. The summed E-state index contributed by atoms with van der Waals surface area (Å²) in [4.78, 5) is 1.41. The molecular weight excluding hydrogens is 202 g/mol. The van der Waals surface area contributed by atoms with Crippen LogP contribution >= 0.6 is 11.3 Å². The van der Waals surface area contributed by atoms with E-state index < -0.39 is 0 Å². The second-order valence-corrected chi connectivity index (χ2v) is 5.00. The Bertz CT molecular complexity index is 254. The summed E-state index contributed by atoms with van der Waals surface area (Å²) >= 11 is 1.81. The number of nitrogens with two attached hydrogens (primary N) is 1. The van der Waals surface area contributed by atoms with Crippen molar-refractivity contribution in [2.75, 3.05) is 0 Å². The Balaban J connectivity index is 2.03. The van der Waals surface area contributed by atoms with Gasteiger partial charge in [0.15, 0.2) is 0 Å². The van der Waals surface area contributed by atoms with Crippen molar-refractivity contribution in [3.8, 4) is 0 Å². The molecule has 0 aromatic carbocycles. The highest BCUT2D eigenvalue weighted by atomic mass is 32.1. The van der Waals surface area contributed by atoms with Crippen molar-refractivity contribution in [3.63, 3.8) is 0 Å². The fourth-order valence-electron chi connectivity index (χ4n) is 1.66. The van der Waals surface area contributed by atoms with Gasteiger partial charge in [-0.25, -0.2) is 0 Å². The third kappa shape index (κ3) is 5.75. The second kappa shape index (κ2) is 7.66. The van der Waals surface area contributed by atoms with Crippen LogP contribution in [0.5, 0.6) is 0 Å². The standard InChI is InChI=1S/C13H21NS/c1-2-3-4-5-6-8-12(14)11-13-9-7-10-15-13/h2,7,9-10,12H,1,3-6,8,11,14H2. The van der Waals surface area contributed by atoms with E-state index >= 15 is 0 Å². The molecule has 1 aromatic heterocycles. The van der Waals surface area contributed by atoms with E-state index in [9.17, 15) is 0 Å². The van der Waals surface area contributed by atoms with E-state index in [-0.39, 0.29) is 0 Å². The van der Waals surface area contributed by atoms with Gasteiger partial charge in [-0.05, 0) is 37.1 Å². The van der Waals surface area contributed by atoms with Crippen molar-refractivity contribution < 1.29 is 0 Å². The number of thiophene rings is 1. The molecule has 1 unspecified atom stereocenters. The van der Waals surface area contributed by atoms with Crippen LogP contribution in [0.4, 0.5) is 0 Å². The van der Waals surface area contributed by atoms with Gasteiger partial charge in [-0.2, -0.15) is 0 Å². The maximum Gasteiger partial charge on any atom is 0.00871 e. The summed E-state index contributed by atoms with van der Waals surface area (Å²) < 4.78 is 0. The normalized spacial score (nSPS) is 12.6. The third-order valence-electron chi connectivity index (χ3n) is 2.53. The topological polar surface area (TPSA) is 26.0 Å². The predicted octanol–water partition coefficient (Wildman–Crippen LogP) is 3.75. The van der Waals surface area contributed by atoms with E-state index in [0.29, 0.717) is 6.04 Å². The van der Waals surface area contributed by atoms with E-state index in [1.807, 2.05) is 6.08 Å². The van der Waals surface area contributed by atoms with Gasteiger partial charge < -0.3 is 5.73 Å². The van der Waals surface area contributed by atoms with Crippen LogP contribution in [0.15, 0.2) is 30.2 Å². The van der Waals surface area contributed by atoms with E-state index in [2.05, 4.69) is 24.1 Å². The lowest BCUT2D eigenvalue weighted by molar-refractivity contribution is 0.553. The Hall–Kier alpha value is -0.600. The van der Waals surface area contributed by atoms with E-state index in [4.69, 9.17) is 5.73 Å². The van der Waals surface area contributed by atoms with Crippen LogP contribution < -0.4 is 5.73 Å². The summed E-state index contributed by atoms with van der Waals surface area (Å²) in [6, 6.07) is 4.60. The summed E-state index contributed by atoms with van der Waals surface area (Å²) in [6.45, 7) is 3.72. The molecule has 0 saturated heterocycles. The molecule has 1 aromatic rings. The number of unbranched alkanes of at least 4 members (excludes halogenated alkanes) is 3. The molecule has 0 spiro atoms. The lowest BCUT2D eigenvalue weighted by Gasteiger charge is -2.09. The van der Waals surface area contributed by atoms with Crippen molar-refractivity contribution >= 4 is 11.3 Å². The minimum Gasteiger partial charge on any atom is -0.327 e. The van der Waals surface area contributed by atoms with Crippen molar-refractivity contribution in [2.45, 2.75) is 44.6 Å². The molecule has 0 amide bonds. The quantitative estimate of drug-likeness (QED) is 0.527. The fraction of sp³-hybridized carbons (Fsp3) is 0.538. The zero-order valence-electron chi connectivity index (χ0n) is 9.32. The average Bonchev–Trinajstić information content (AvgIpc) is 2.70. The van der Waals surface area contributed by atoms with Crippen LogP contribution in [0.3, 0.4) is 0 Å². The van der Waals surface area contributed by atoms with Crippen LogP contribution in [0.2, 0.25) is 0 Å². The average molecular weight is 223 g/mol. The van der Waals surface area contributed by atoms with E-state index in [1.165, 1.54) is 24.1 Å². The highest BCUT2D eigenvalue weighted by Gasteiger charge is 2.04. The molecule has 84 valence electrons. The van der Waals surface area contributed by atoms with Gasteiger partial charge in [0.2, 0.25) is 0 Å². The van der Waals surface area contributed by atoms with Crippen molar-refractivity contribution in [3.05, 3.63) is 35.0 Å². The minimum absolute atomic E-state index is 0.340. The number of allylic oxidation sites excluding steroid dienone is 1. The van der Waals surface area contributed by atoms with E-state index in [1.54, 1.807) is 11.3 Å². The summed E-state index contributed by atoms with van der Waals surface area (Å²) in [5, 5.41) is 2.12. The van der Waals surface area contributed by atoms with Gasteiger partial charge >= 0.3 is 0 Å². The molecule has 1 rings (SSSR count). The Morgan fingerprint density at radius 1 is 1.40 bits per heavy atom. The Labute approximate surface area is 97.0 Å². The summed E-state index contributed by atoms with van der Waals surface area (Å²) in [6.07, 6.45) is 9.11. The molecule has 15 heavy (non-hydrogen) atoms. The van der Waals surface area contributed by atoms with Crippen LogP contribution in [0, 0.1) is 0 Å². The van der Waals surface area contributed by atoms with Gasteiger partial charge in [-0.1, -0.05) is 25.0 Å².